The molecule has 0 amide bonds. The highest BCUT2D eigenvalue weighted by Gasteiger charge is 2.37. The van der Waals surface area contributed by atoms with Gasteiger partial charge in [-0.25, -0.2) is 0 Å². The van der Waals surface area contributed by atoms with E-state index in [1.54, 1.807) is 0 Å². The first-order chi connectivity index (χ1) is 11.7. The molecule has 126 valence electrons. The number of hydrogen-bond donors (Lipinski definition) is 2. The van der Waals surface area contributed by atoms with Crippen molar-refractivity contribution in [1.29, 1.82) is 0 Å². The van der Waals surface area contributed by atoms with Gasteiger partial charge in [0.1, 0.15) is 5.76 Å². The van der Waals surface area contributed by atoms with Crippen LogP contribution < -0.4 is 5.32 Å². The molecule has 2 aromatic rings. The smallest absolute Gasteiger partial charge is 0.111 e. The number of aliphatic hydroxyl groups excluding tert-OH is 1. The van der Waals surface area contributed by atoms with Crippen LogP contribution in [-0.2, 0) is 6.42 Å². The number of hydrogen-bond acceptors (Lipinski definition) is 3. The second kappa shape index (κ2) is 7.54. The van der Waals surface area contributed by atoms with Crippen molar-refractivity contribution in [3.63, 3.8) is 0 Å². The van der Waals surface area contributed by atoms with Gasteiger partial charge in [-0.1, -0.05) is 55.1 Å². The van der Waals surface area contributed by atoms with Crippen LogP contribution >= 0.6 is 0 Å². The van der Waals surface area contributed by atoms with Gasteiger partial charge in [0.15, 0.2) is 0 Å². The summed E-state index contributed by atoms with van der Waals surface area (Å²) in [6.45, 7) is 6.83. The summed E-state index contributed by atoms with van der Waals surface area (Å²) in [6, 6.07) is 20.7. The van der Waals surface area contributed by atoms with E-state index in [0.29, 0.717) is 0 Å². The van der Waals surface area contributed by atoms with Gasteiger partial charge in [0, 0.05) is 25.3 Å². The molecule has 3 heteroatoms. The van der Waals surface area contributed by atoms with Crippen molar-refractivity contribution >= 4 is 5.69 Å². The minimum absolute atomic E-state index is 0.245. The largest absolute Gasteiger partial charge is 0.510 e. The van der Waals surface area contributed by atoms with Crippen LogP contribution in [0.15, 0.2) is 73.0 Å². The summed E-state index contributed by atoms with van der Waals surface area (Å²) in [7, 11) is 0. The number of piperidine rings is 1. The molecule has 1 fully saturated rings. The standard InChI is InChI=1S/C21H26N2O/c1-18(24)21(22-20-10-6-3-7-11-20)13-16-23(17-14-21)15-12-19-8-4-2-5-9-19/h2-11,22,24H,1,12-17H2. The Morgan fingerprint density at radius 3 is 2.17 bits per heavy atom. The second-order valence-corrected chi connectivity index (χ2v) is 6.60. The van der Waals surface area contributed by atoms with Gasteiger partial charge in [-0.15, -0.1) is 0 Å². The van der Waals surface area contributed by atoms with E-state index < -0.39 is 5.54 Å². The molecule has 0 aromatic heterocycles. The second-order valence-electron chi connectivity index (χ2n) is 6.60. The van der Waals surface area contributed by atoms with Crippen LogP contribution in [0.4, 0.5) is 5.69 Å². The number of rotatable bonds is 6. The monoisotopic (exact) mass is 322 g/mol. The number of likely N-dealkylation sites (tertiary alicyclic amines) is 1. The predicted molar refractivity (Wildman–Crippen MR) is 100 cm³/mol. The lowest BCUT2D eigenvalue weighted by molar-refractivity contribution is 0.162. The van der Waals surface area contributed by atoms with Crippen molar-refractivity contribution in [2.24, 2.45) is 0 Å². The molecule has 0 saturated carbocycles. The van der Waals surface area contributed by atoms with Gasteiger partial charge < -0.3 is 15.3 Å². The molecule has 2 aromatic carbocycles. The first kappa shape index (κ1) is 16.6. The van der Waals surface area contributed by atoms with Gasteiger partial charge in [-0.05, 0) is 37.0 Å². The maximum absolute atomic E-state index is 10.2. The molecule has 0 atom stereocenters. The zero-order chi connectivity index (χ0) is 16.8. The van der Waals surface area contributed by atoms with E-state index in [0.717, 1.165) is 44.6 Å². The molecule has 0 unspecified atom stereocenters. The number of anilines is 1. The summed E-state index contributed by atoms with van der Waals surface area (Å²) >= 11 is 0. The van der Waals surface area contributed by atoms with E-state index >= 15 is 0 Å². The first-order valence-corrected chi connectivity index (χ1v) is 8.66. The average molecular weight is 322 g/mol. The van der Waals surface area contributed by atoms with Crippen LogP contribution in [0.25, 0.3) is 0 Å². The molecule has 0 spiro atoms. The van der Waals surface area contributed by atoms with Gasteiger partial charge in [0.25, 0.3) is 0 Å². The summed E-state index contributed by atoms with van der Waals surface area (Å²) in [4.78, 5) is 2.47. The maximum Gasteiger partial charge on any atom is 0.111 e. The van der Waals surface area contributed by atoms with Crippen molar-refractivity contribution < 1.29 is 5.11 Å². The molecule has 24 heavy (non-hydrogen) atoms. The molecule has 2 N–H and O–H groups in total. The Morgan fingerprint density at radius 1 is 1.00 bits per heavy atom. The molecular weight excluding hydrogens is 296 g/mol. The minimum atomic E-state index is -0.412. The average Bonchev–Trinajstić information content (AvgIpc) is 2.63. The predicted octanol–water partition coefficient (Wildman–Crippen LogP) is 4.25. The summed E-state index contributed by atoms with van der Waals surface area (Å²) in [5.74, 6) is 0.245. The molecule has 3 nitrogen and oxygen atoms in total. The highest BCUT2D eigenvalue weighted by atomic mass is 16.3. The number of benzene rings is 2. The highest BCUT2D eigenvalue weighted by molar-refractivity contribution is 5.47. The molecule has 0 bridgehead atoms. The third-order valence-electron chi connectivity index (χ3n) is 4.98. The Kier molecular flexibility index (Phi) is 5.21. The van der Waals surface area contributed by atoms with Gasteiger partial charge >= 0.3 is 0 Å². The number of para-hydroxylation sites is 1. The Morgan fingerprint density at radius 2 is 1.58 bits per heavy atom. The van der Waals surface area contributed by atoms with Gasteiger partial charge in [-0.3, -0.25) is 0 Å². The maximum atomic E-state index is 10.2. The molecular formula is C21H26N2O. The van der Waals surface area contributed by atoms with Crippen LogP contribution in [0.2, 0.25) is 0 Å². The van der Waals surface area contributed by atoms with Crippen molar-refractivity contribution in [2.45, 2.75) is 24.8 Å². The summed E-state index contributed by atoms with van der Waals surface area (Å²) < 4.78 is 0. The van der Waals surface area contributed by atoms with Crippen molar-refractivity contribution in [2.75, 3.05) is 25.0 Å². The van der Waals surface area contributed by atoms with Crippen molar-refractivity contribution in [1.82, 2.24) is 4.90 Å². The minimum Gasteiger partial charge on any atom is -0.510 e. The molecule has 0 radical (unpaired) electrons. The normalized spacial score (nSPS) is 17.3. The molecule has 1 aliphatic heterocycles. The van der Waals surface area contributed by atoms with E-state index in [1.807, 2.05) is 30.3 Å². The molecule has 1 heterocycles. The third kappa shape index (κ3) is 3.98. The lowest BCUT2D eigenvalue weighted by atomic mass is 9.85. The fourth-order valence-electron chi connectivity index (χ4n) is 3.37. The van der Waals surface area contributed by atoms with Gasteiger partial charge in [-0.2, -0.15) is 0 Å². The highest BCUT2D eigenvalue weighted by Crippen LogP contribution is 2.31. The Labute approximate surface area is 144 Å². The molecule has 1 aliphatic rings. The van der Waals surface area contributed by atoms with Gasteiger partial charge in [0.2, 0.25) is 0 Å². The van der Waals surface area contributed by atoms with Crippen LogP contribution in [0, 0.1) is 0 Å². The van der Waals surface area contributed by atoms with Crippen LogP contribution in [-0.4, -0.2) is 35.2 Å². The summed E-state index contributed by atoms with van der Waals surface area (Å²) in [6.07, 6.45) is 2.80. The van der Waals surface area contributed by atoms with E-state index in [2.05, 4.69) is 47.1 Å². The quantitative estimate of drug-likeness (QED) is 0.781. The molecule has 0 aliphatic carbocycles. The fraction of sp³-hybridized carbons (Fsp3) is 0.333. The van der Waals surface area contributed by atoms with E-state index in [9.17, 15) is 5.11 Å². The topological polar surface area (TPSA) is 35.5 Å². The lowest BCUT2D eigenvalue weighted by Crippen LogP contribution is -2.50. The fourth-order valence-corrected chi connectivity index (χ4v) is 3.37. The molecule has 3 rings (SSSR count). The number of nitrogens with zero attached hydrogens (tertiary/aromatic N) is 1. The first-order valence-electron chi connectivity index (χ1n) is 8.66. The summed E-state index contributed by atoms with van der Waals surface area (Å²) in [5.41, 5.74) is 2.00. The Balaban J connectivity index is 1.57. The SMILES string of the molecule is C=C(O)C1(Nc2ccccc2)CCN(CCc2ccccc2)CC1. The lowest BCUT2D eigenvalue weighted by Gasteiger charge is -2.42. The van der Waals surface area contributed by atoms with E-state index in [1.165, 1.54) is 5.56 Å². The van der Waals surface area contributed by atoms with Crippen LogP contribution in [0.5, 0.6) is 0 Å². The van der Waals surface area contributed by atoms with Crippen LogP contribution in [0.3, 0.4) is 0 Å². The van der Waals surface area contributed by atoms with Gasteiger partial charge in [0.05, 0.1) is 5.54 Å². The summed E-state index contributed by atoms with van der Waals surface area (Å²) in [5, 5.41) is 13.7. The molecule has 1 saturated heterocycles. The van der Waals surface area contributed by atoms with Crippen molar-refractivity contribution in [3.8, 4) is 0 Å². The zero-order valence-electron chi connectivity index (χ0n) is 14.1. The third-order valence-corrected chi connectivity index (χ3v) is 4.98. The Bertz CT molecular complexity index is 646. The van der Waals surface area contributed by atoms with E-state index in [4.69, 9.17) is 0 Å². The van der Waals surface area contributed by atoms with E-state index in [-0.39, 0.29) is 5.76 Å². The van der Waals surface area contributed by atoms with Crippen LogP contribution in [0.1, 0.15) is 18.4 Å². The van der Waals surface area contributed by atoms with Crippen molar-refractivity contribution in [3.05, 3.63) is 78.6 Å². The number of aliphatic hydroxyl groups is 1. The number of nitrogens with one attached hydrogen (secondary N) is 1. The zero-order valence-corrected chi connectivity index (χ0v) is 14.1. The Hall–Kier alpha value is -2.26.